The SMILES string of the molecule is O=C(O)c1c(N2CCC(C(F)(F)F)CC2)nc2sccn12. The van der Waals surface area contributed by atoms with E-state index >= 15 is 0 Å². The summed E-state index contributed by atoms with van der Waals surface area (Å²) in [4.78, 5) is 17.8. The molecule has 9 heteroatoms. The highest BCUT2D eigenvalue weighted by molar-refractivity contribution is 7.15. The fraction of sp³-hybridized carbons (Fsp3) is 0.500. The Morgan fingerprint density at radius 2 is 2.05 bits per heavy atom. The zero-order valence-electron chi connectivity index (χ0n) is 10.8. The summed E-state index contributed by atoms with van der Waals surface area (Å²) in [5, 5.41) is 11.0. The van der Waals surface area contributed by atoms with Crippen LogP contribution in [-0.4, -0.2) is 39.7 Å². The normalized spacial score (nSPS) is 17.6. The molecule has 0 amide bonds. The lowest BCUT2D eigenvalue weighted by molar-refractivity contribution is -0.179. The number of hydrogen-bond acceptors (Lipinski definition) is 4. The van der Waals surface area contributed by atoms with Crippen molar-refractivity contribution in [2.24, 2.45) is 5.92 Å². The Morgan fingerprint density at radius 3 is 2.62 bits per heavy atom. The molecule has 0 bridgehead atoms. The Bertz CT molecular complexity index is 671. The maximum Gasteiger partial charge on any atom is 0.391 e. The van der Waals surface area contributed by atoms with Crippen LogP contribution in [0.4, 0.5) is 19.0 Å². The molecule has 0 saturated carbocycles. The van der Waals surface area contributed by atoms with Crippen molar-refractivity contribution in [1.29, 1.82) is 0 Å². The summed E-state index contributed by atoms with van der Waals surface area (Å²) in [7, 11) is 0. The summed E-state index contributed by atoms with van der Waals surface area (Å²) in [6.45, 7) is 0.324. The molecule has 1 aliphatic rings. The van der Waals surface area contributed by atoms with Crippen LogP contribution in [0.15, 0.2) is 11.6 Å². The molecule has 3 heterocycles. The summed E-state index contributed by atoms with van der Waals surface area (Å²) in [6.07, 6.45) is -2.65. The second kappa shape index (κ2) is 4.90. The number of imidazole rings is 1. The molecule has 2 aromatic heterocycles. The molecule has 1 saturated heterocycles. The molecule has 0 unspecified atom stereocenters. The third-order valence-electron chi connectivity index (χ3n) is 3.70. The number of nitrogens with zero attached hydrogens (tertiary/aromatic N) is 3. The van der Waals surface area contributed by atoms with E-state index in [-0.39, 0.29) is 37.4 Å². The van der Waals surface area contributed by atoms with Crippen molar-refractivity contribution in [3.05, 3.63) is 17.3 Å². The van der Waals surface area contributed by atoms with Gasteiger partial charge in [0.2, 0.25) is 0 Å². The molecule has 1 N–H and O–H groups in total. The molecule has 1 aliphatic heterocycles. The number of fused-ring (bicyclic) bond motifs is 1. The first kappa shape index (κ1) is 14.2. The molecule has 5 nitrogen and oxygen atoms in total. The molecule has 0 aliphatic carbocycles. The minimum absolute atomic E-state index is 0.0108. The maximum absolute atomic E-state index is 12.7. The molecule has 0 spiro atoms. The first-order valence-electron chi connectivity index (χ1n) is 6.38. The molecule has 1 fully saturated rings. The topological polar surface area (TPSA) is 57.8 Å². The number of hydrogen-bond donors (Lipinski definition) is 1. The van der Waals surface area contributed by atoms with E-state index in [0.29, 0.717) is 4.96 Å². The predicted molar refractivity (Wildman–Crippen MR) is 71.0 cm³/mol. The largest absolute Gasteiger partial charge is 0.476 e. The van der Waals surface area contributed by atoms with Crippen LogP contribution in [0, 0.1) is 5.92 Å². The third-order valence-corrected chi connectivity index (χ3v) is 4.46. The van der Waals surface area contributed by atoms with Gasteiger partial charge in [-0.05, 0) is 12.8 Å². The van der Waals surface area contributed by atoms with Crippen LogP contribution in [0.5, 0.6) is 0 Å². The third kappa shape index (κ3) is 2.45. The molecule has 3 rings (SSSR count). The van der Waals surface area contributed by atoms with Crippen LogP contribution >= 0.6 is 11.3 Å². The van der Waals surface area contributed by atoms with Crippen LogP contribution in [0.3, 0.4) is 0 Å². The van der Waals surface area contributed by atoms with Gasteiger partial charge >= 0.3 is 12.1 Å². The molecule has 2 aromatic rings. The van der Waals surface area contributed by atoms with Crippen LogP contribution in [0.1, 0.15) is 23.3 Å². The summed E-state index contributed by atoms with van der Waals surface area (Å²) < 4.78 is 39.5. The quantitative estimate of drug-likeness (QED) is 0.925. The van der Waals surface area contributed by atoms with E-state index in [1.807, 2.05) is 0 Å². The van der Waals surface area contributed by atoms with Gasteiger partial charge in [0.1, 0.15) is 0 Å². The summed E-state index contributed by atoms with van der Waals surface area (Å²) in [5.41, 5.74) is 0.0108. The minimum Gasteiger partial charge on any atom is -0.476 e. The lowest BCUT2D eigenvalue weighted by Crippen LogP contribution is -2.39. The Labute approximate surface area is 121 Å². The fourth-order valence-corrected chi connectivity index (χ4v) is 3.32. The average Bonchev–Trinajstić information content (AvgIpc) is 2.96. The molecule has 21 heavy (non-hydrogen) atoms. The van der Waals surface area contributed by atoms with Gasteiger partial charge in [-0.1, -0.05) is 0 Å². The monoisotopic (exact) mass is 319 g/mol. The zero-order valence-corrected chi connectivity index (χ0v) is 11.6. The number of piperidine rings is 1. The van der Waals surface area contributed by atoms with E-state index in [2.05, 4.69) is 4.98 Å². The van der Waals surface area contributed by atoms with Crippen LogP contribution in [-0.2, 0) is 0 Å². The van der Waals surface area contributed by atoms with Gasteiger partial charge in [-0.2, -0.15) is 13.2 Å². The lowest BCUT2D eigenvalue weighted by atomic mass is 9.96. The van der Waals surface area contributed by atoms with E-state index in [0.717, 1.165) is 0 Å². The van der Waals surface area contributed by atoms with E-state index in [1.165, 1.54) is 15.7 Å². The van der Waals surface area contributed by atoms with Crippen molar-refractivity contribution in [1.82, 2.24) is 9.38 Å². The first-order valence-corrected chi connectivity index (χ1v) is 7.26. The van der Waals surface area contributed by atoms with Gasteiger partial charge in [-0.15, -0.1) is 11.3 Å². The van der Waals surface area contributed by atoms with Gasteiger partial charge in [0.05, 0.1) is 5.92 Å². The van der Waals surface area contributed by atoms with Gasteiger partial charge in [-0.3, -0.25) is 4.40 Å². The van der Waals surface area contributed by atoms with Crippen LogP contribution in [0.2, 0.25) is 0 Å². The Hall–Kier alpha value is -1.77. The number of carboxylic acids is 1. The lowest BCUT2D eigenvalue weighted by Gasteiger charge is -2.33. The van der Waals surface area contributed by atoms with Crippen molar-refractivity contribution in [3.63, 3.8) is 0 Å². The standard InChI is InChI=1S/C12H12F3N3O2S/c13-12(14,15)7-1-3-17(4-2-7)9-8(10(19)20)18-5-6-21-11(18)16-9/h5-7H,1-4H2,(H,19,20). The van der Waals surface area contributed by atoms with E-state index in [9.17, 15) is 23.1 Å². The number of rotatable bonds is 2. The molecule has 0 aromatic carbocycles. The van der Waals surface area contributed by atoms with Crippen molar-refractivity contribution in [2.45, 2.75) is 19.0 Å². The van der Waals surface area contributed by atoms with E-state index in [1.54, 1.807) is 16.5 Å². The van der Waals surface area contributed by atoms with Crippen molar-refractivity contribution in [2.75, 3.05) is 18.0 Å². The highest BCUT2D eigenvalue weighted by Crippen LogP contribution is 2.36. The van der Waals surface area contributed by atoms with Crippen LogP contribution < -0.4 is 4.90 Å². The molecule has 114 valence electrons. The predicted octanol–water partition coefficient (Wildman–Crippen LogP) is 2.87. The number of aromatic nitrogens is 2. The van der Waals surface area contributed by atoms with Crippen molar-refractivity contribution >= 4 is 28.1 Å². The molecule has 0 radical (unpaired) electrons. The second-order valence-corrected chi connectivity index (χ2v) is 5.82. The number of carboxylic acid groups (broad SMARTS) is 1. The Morgan fingerprint density at radius 1 is 1.38 bits per heavy atom. The van der Waals surface area contributed by atoms with Gasteiger partial charge in [0.25, 0.3) is 0 Å². The Balaban J connectivity index is 1.87. The van der Waals surface area contributed by atoms with Crippen molar-refractivity contribution < 1.29 is 23.1 Å². The van der Waals surface area contributed by atoms with Crippen LogP contribution in [0.25, 0.3) is 4.96 Å². The molecular weight excluding hydrogens is 307 g/mol. The minimum atomic E-state index is -4.18. The smallest absolute Gasteiger partial charge is 0.391 e. The van der Waals surface area contributed by atoms with Gasteiger partial charge < -0.3 is 10.0 Å². The van der Waals surface area contributed by atoms with Crippen molar-refractivity contribution in [3.8, 4) is 0 Å². The Kier molecular flexibility index (Phi) is 3.31. The zero-order chi connectivity index (χ0) is 15.2. The summed E-state index contributed by atoms with van der Waals surface area (Å²) >= 11 is 1.29. The van der Waals surface area contributed by atoms with E-state index < -0.39 is 18.1 Å². The number of carbonyl (C=O) groups is 1. The number of halogens is 3. The highest BCUT2D eigenvalue weighted by atomic mass is 32.1. The highest BCUT2D eigenvalue weighted by Gasteiger charge is 2.41. The number of aromatic carboxylic acids is 1. The van der Waals surface area contributed by atoms with Gasteiger partial charge in [-0.25, -0.2) is 9.78 Å². The molecule has 0 atom stereocenters. The second-order valence-electron chi connectivity index (χ2n) is 4.95. The maximum atomic E-state index is 12.7. The van der Waals surface area contributed by atoms with Gasteiger partial charge in [0, 0.05) is 24.7 Å². The summed E-state index contributed by atoms with van der Waals surface area (Å²) in [5.74, 6) is -2.19. The number of anilines is 1. The molecular formula is C12H12F3N3O2S. The van der Waals surface area contributed by atoms with Gasteiger partial charge in [0.15, 0.2) is 16.5 Å². The average molecular weight is 319 g/mol. The fourth-order valence-electron chi connectivity index (χ4n) is 2.61. The summed E-state index contributed by atoms with van der Waals surface area (Å²) in [6, 6.07) is 0. The number of thiazole rings is 1. The number of alkyl halides is 3. The first-order chi connectivity index (χ1) is 9.88. The van der Waals surface area contributed by atoms with E-state index in [4.69, 9.17) is 0 Å².